The molecule has 0 saturated carbocycles. The number of halogens is 1. The summed E-state index contributed by atoms with van der Waals surface area (Å²) in [6.07, 6.45) is 0.981. The van der Waals surface area contributed by atoms with Crippen LogP contribution in [0, 0.1) is 11.8 Å². The monoisotopic (exact) mass is 497 g/mol. The highest BCUT2D eigenvalue weighted by molar-refractivity contribution is 6.33. The normalized spacial score (nSPS) is 29.7. The summed E-state index contributed by atoms with van der Waals surface area (Å²) in [4.78, 5) is 42.1. The van der Waals surface area contributed by atoms with Crippen molar-refractivity contribution in [2.45, 2.75) is 43.1 Å². The molecule has 35 heavy (non-hydrogen) atoms. The lowest BCUT2D eigenvalue weighted by Gasteiger charge is -2.36. The Labute approximate surface area is 208 Å². The number of hydrogen-bond donors (Lipinski definition) is 3. The molecule has 3 aliphatic rings. The maximum atomic E-state index is 14.0. The molecule has 0 radical (unpaired) electrons. The number of fused-ring (bicyclic) bond motifs is 1. The van der Waals surface area contributed by atoms with E-state index in [4.69, 9.17) is 16.3 Å². The van der Waals surface area contributed by atoms with E-state index in [-0.39, 0.29) is 18.4 Å². The molecule has 0 aliphatic carbocycles. The second-order valence-corrected chi connectivity index (χ2v) is 9.82. The zero-order valence-electron chi connectivity index (χ0n) is 19.3. The van der Waals surface area contributed by atoms with Gasteiger partial charge in [-0.2, -0.15) is 0 Å². The van der Waals surface area contributed by atoms with Crippen molar-refractivity contribution < 1.29 is 24.2 Å². The summed E-state index contributed by atoms with van der Waals surface area (Å²) in [5.74, 6) is -2.54. The first-order valence-corrected chi connectivity index (χ1v) is 12.2. The molecule has 2 unspecified atom stereocenters. The summed E-state index contributed by atoms with van der Waals surface area (Å²) in [5.41, 5.74) is 0.201. The predicted molar refractivity (Wildman–Crippen MR) is 130 cm³/mol. The van der Waals surface area contributed by atoms with Crippen molar-refractivity contribution in [3.8, 4) is 0 Å². The van der Waals surface area contributed by atoms with Gasteiger partial charge in [0.25, 0.3) is 0 Å². The van der Waals surface area contributed by atoms with Gasteiger partial charge in [-0.1, -0.05) is 54.1 Å². The molecule has 9 heteroatoms. The van der Waals surface area contributed by atoms with Crippen molar-refractivity contribution >= 4 is 35.0 Å². The molecule has 6 atom stereocenters. The first kappa shape index (κ1) is 23.8. The molecular formula is C26H28ClN3O5. The Bertz CT molecular complexity index is 1140. The zero-order chi connectivity index (χ0) is 24.7. The Morgan fingerprint density at radius 2 is 1.89 bits per heavy atom. The van der Waals surface area contributed by atoms with Crippen LogP contribution in [-0.2, 0) is 25.5 Å². The summed E-state index contributed by atoms with van der Waals surface area (Å²) in [6.45, 7) is -0.340. The van der Waals surface area contributed by atoms with Gasteiger partial charge in [-0.05, 0) is 37.0 Å². The highest BCUT2D eigenvalue weighted by Crippen LogP contribution is 2.59. The van der Waals surface area contributed by atoms with E-state index in [0.717, 1.165) is 5.56 Å². The quantitative estimate of drug-likeness (QED) is 0.542. The maximum Gasteiger partial charge on any atom is 0.250 e. The third-order valence-corrected chi connectivity index (χ3v) is 7.92. The van der Waals surface area contributed by atoms with Gasteiger partial charge in [-0.15, -0.1) is 0 Å². The Kier molecular flexibility index (Phi) is 6.29. The van der Waals surface area contributed by atoms with E-state index in [1.165, 1.54) is 11.9 Å². The molecule has 1 spiro atoms. The zero-order valence-corrected chi connectivity index (χ0v) is 20.1. The molecule has 5 rings (SSSR count). The van der Waals surface area contributed by atoms with Gasteiger partial charge in [-0.25, -0.2) is 0 Å². The lowest BCUT2D eigenvalue weighted by Crippen LogP contribution is -2.56. The van der Waals surface area contributed by atoms with Crippen LogP contribution >= 0.6 is 11.6 Å². The number of rotatable bonds is 7. The van der Waals surface area contributed by atoms with E-state index in [2.05, 4.69) is 10.6 Å². The van der Waals surface area contributed by atoms with Crippen LogP contribution in [0.15, 0.2) is 54.6 Å². The van der Waals surface area contributed by atoms with E-state index in [0.29, 0.717) is 30.0 Å². The fourth-order valence-corrected chi connectivity index (χ4v) is 6.33. The summed E-state index contributed by atoms with van der Waals surface area (Å²) < 4.78 is 6.37. The summed E-state index contributed by atoms with van der Waals surface area (Å²) in [6, 6.07) is 14.7. The van der Waals surface area contributed by atoms with Gasteiger partial charge in [0.05, 0.1) is 41.3 Å². The van der Waals surface area contributed by atoms with Crippen LogP contribution in [-0.4, -0.2) is 65.2 Å². The largest absolute Gasteiger partial charge is 0.394 e. The van der Waals surface area contributed by atoms with Crippen molar-refractivity contribution in [1.29, 1.82) is 0 Å². The van der Waals surface area contributed by atoms with Crippen LogP contribution < -0.4 is 10.6 Å². The standard InChI is InChI=1S/C26H28ClN3O5/c1-28-23(32)20-19-11-12-26(35-19)21(20)25(34)30(16(14-31)13-15-7-3-2-4-8-15)22(26)24(33)29-18-10-6-5-9-17(18)27/h2-10,16,19-22,31H,11-14H2,1H3,(H,28,32)(H,29,33)/t16-,19-,20+,21+,22?,26?/m1/s1. The number of amides is 3. The number of carbonyl (C=O) groups excluding carboxylic acids is 3. The van der Waals surface area contributed by atoms with E-state index in [1.54, 1.807) is 24.3 Å². The van der Waals surface area contributed by atoms with Gasteiger partial charge in [0.2, 0.25) is 17.7 Å². The Morgan fingerprint density at radius 1 is 1.17 bits per heavy atom. The van der Waals surface area contributed by atoms with E-state index in [9.17, 15) is 19.5 Å². The van der Waals surface area contributed by atoms with Crippen molar-refractivity contribution in [2.24, 2.45) is 11.8 Å². The minimum Gasteiger partial charge on any atom is -0.394 e. The number of ether oxygens (including phenoxy) is 1. The second kappa shape index (κ2) is 9.26. The third-order valence-electron chi connectivity index (χ3n) is 7.59. The molecule has 2 bridgehead atoms. The van der Waals surface area contributed by atoms with Crippen molar-refractivity contribution in [3.05, 3.63) is 65.2 Å². The number of likely N-dealkylation sites (tertiary alicyclic amines) is 1. The van der Waals surface area contributed by atoms with Crippen LogP contribution in [0.2, 0.25) is 5.02 Å². The third kappa shape index (κ3) is 3.80. The number of hydrogen-bond acceptors (Lipinski definition) is 5. The molecule has 3 amide bonds. The van der Waals surface area contributed by atoms with Crippen LogP contribution in [0.1, 0.15) is 18.4 Å². The van der Waals surface area contributed by atoms with Crippen molar-refractivity contribution in [2.75, 3.05) is 19.0 Å². The molecule has 184 valence electrons. The van der Waals surface area contributed by atoms with Gasteiger partial charge < -0.3 is 25.4 Å². The molecule has 2 aromatic rings. The molecule has 2 aromatic carbocycles. The molecule has 3 N–H and O–H groups in total. The van der Waals surface area contributed by atoms with Crippen molar-refractivity contribution in [3.63, 3.8) is 0 Å². The number of aliphatic hydroxyl groups is 1. The van der Waals surface area contributed by atoms with Gasteiger partial charge in [0, 0.05) is 7.05 Å². The maximum absolute atomic E-state index is 14.0. The molecule has 3 fully saturated rings. The van der Waals surface area contributed by atoms with Gasteiger partial charge in [-0.3, -0.25) is 14.4 Å². The van der Waals surface area contributed by atoms with E-state index < -0.39 is 41.5 Å². The first-order valence-electron chi connectivity index (χ1n) is 11.8. The minimum absolute atomic E-state index is 0.273. The summed E-state index contributed by atoms with van der Waals surface area (Å²) in [5, 5.41) is 16.3. The number of aliphatic hydroxyl groups excluding tert-OH is 1. The predicted octanol–water partition coefficient (Wildman–Crippen LogP) is 2.00. The fourth-order valence-electron chi connectivity index (χ4n) is 6.15. The summed E-state index contributed by atoms with van der Waals surface area (Å²) in [7, 11) is 1.53. The fraction of sp³-hybridized carbons (Fsp3) is 0.423. The van der Waals surface area contributed by atoms with Crippen molar-refractivity contribution in [1.82, 2.24) is 10.2 Å². The molecule has 8 nitrogen and oxygen atoms in total. The number of carbonyl (C=O) groups is 3. The smallest absolute Gasteiger partial charge is 0.250 e. The summed E-state index contributed by atoms with van der Waals surface area (Å²) >= 11 is 6.29. The Hall–Kier alpha value is -2.94. The molecule has 3 saturated heterocycles. The van der Waals surface area contributed by atoms with Crippen LogP contribution in [0.5, 0.6) is 0 Å². The second-order valence-electron chi connectivity index (χ2n) is 9.41. The highest BCUT2D eigenvalue weighted by Gasteiger charge is 2.75. The number of anilines is 1. The highest BCUT2D eigenvalue weighted by atomic mass is 35.5. The molecule has 0 aromatic heterocycles. The Morgan fingerprint density at radius 3 is 2.57 bits per heavy atom. The molecule has 3 heterocycles. The Balaban J connectivity index is 1.56. The lowest BCUT2D eigenvalue weighted by molar-refractivity contribution is -0.143. The first-order chi connectivity index (χ1) is 16.9. The average molecular weight is 498 g/mol. The topological polar surface area (TPSA) is 108 Å². The SMILES string of the molecule is CNC(=O)[C@@H]1[C@H]2C(=O)N([C@@H](CO)Cc3ccccc3)C(C(=O)Nc3ccccc3Cl)C23CC[C@H]1O3. The van der Waals surface area contributed by atoms with E-state index in [1.807, 2.05) is 30.3 Å². The lowest BCUT2D eigenvalue weighted by atomic mass is 9.70. The van der Waals surface area contributed by atoms with Gasteiger partial charge in [0.1, 0.15) is 11.6 Å². The number of benzene rings is 2. The van der Waals surface area contributed by atoms with Gasteiger partial charge in [0.15, 0.2) is 0 Å². The van der Waals surface area contributed by atoms with Gasteiger partial charge >= 0.3 is 0 Å². The van der Waals surface area contributed by atoms with Crippen LogP contribution in [0.25, 0.3) is 0 Å². The van der Waals surface area contributed by atoms with Crippen LogP contribution in [0.3, 0.4) is 0 Å². The van der Waals surface area contributed by atoms with E-state index >= 15 is 0 Å². The molecular weight excluding hydrogens is 470 g/mol. The number of para-hydroxylation sites is 1. The molecule has 3 aliphatic heterocycles. The average Bonchev–Trinajstić information content (AvgIpc) is 3.51. The number of nitrogens with one attached hydrogen (secondary N) is 2. The number of nitrogens with zero attached hydrogens (tertiary/aromatic N) is 1. The minimum atomic E-state index is -1.14. The van der Waals surface area contributed by atoms with Crippen LogP contribution in [0.4, 0.5) is 5.69 Å².